The molecule has 1 aliphatic carbocycles. The van der Waals surface area contributed by atoms with Gasteiger partial charge >= 0.3 is 0 Å². The van der Waals surface area contributed by atoms with Crippen molar-refractivity contribution in [2.75, 3.05) is 0 Å². The first kappa shape index (κ1) is 8.51. The minimum atomic E-state index is 0.255. The van der Waals surface area contributed by atoms with E-state index in [1.165, 1.54) is 5.57 Å². The Kier molecular flexibility index (Phi) is 2.48. The topological polar surface area (TPSA) is 17.1 Å². The van der Waals surface area contributed by atoms with E-state index in [-0.39, 0.29) is 11.8 Å². The van der Waals surface area contributed by atoms with Gasteiger partial charge in [0, 0.05) is 11.8 Å². The Labute approximate surface area is 68.5 Å². The van der Waals surface area contributed by atoms with Crippen LogP contribution in [0.5, 0.6) is 0 Å². The second-order valence-corrected chi connectivity index (χ2v) is 3.56. The van der Waals surface area contributed by atoms with Gasteiger partial charge in [-0.25, -0.2) is 0 Å². The highest BCUT2D eigenvalue weighted by Crippen LogP contribution is 2.29. The molecule has 0 saturated heterocycles. The van der Waals surface area contributed by atoms with Crippen LogP contribution in [0, 0.1) is 11.8 Å². The number of allylic oxidation sites excluding steroid dienone is 2. The zero-order valence-electron chi connectivity index (χ0n) is 7.55. The zero-order chi connectivity index (χ0) is 8.43. The Hall–Kier alpha value is -0.590. The van der Waals surface area contributed by atoms with Crippen LogP contribution < -0.4 is 0 Å². The number of rotatable bonds is 0. The molecule has 0 aromatic carbocycles. The van der Waals surface area contributed by atoms with Gasteiger partial charge in [-0.15, -0.1) is 0 Å². The molecule has 1 aliphatic rings. The third-order valence-electron chi connectivity index (χ3n) is 2.52. The van der Waals surface area contributed by atoms with Gasteiger partial charge in [0.1, 0.15) is 5.78 Å². The van der Waals surface area contributed by atoms with Crippen LogP contribution in [0.2, 0.25) is 0 Å². The van der Waals surface area contributed by atoms with Gasteiger partial charge in [0.15, 0.2) is 0 Å². The summed E-state index contributed by atoms with van der Waals surface area (Å²) in [6, 6.07) is 0. The van der Waals surface area contributed by atoms with Gasteiger partial charge in [-0.05, 0) is 19.8 Å². The first-order chi connectivity index (χ1) is 5.15. The molecule has 0 aromatic rings. The van der Waals surface area contributed by atoms with Crippen molar-refractivity contribution >= 4 is 5.78 Å². The van der Waals surface area contributed by atoms with Crippen molar-refractivity contribution in [2.45, 2.75) is 33.6 Å². The van der Waals surface area contributed by atoms with E-state index in [4.69, 9.17) is 0 Å². The number of hydrogen-bond donors (Lipinski definition) is 0. The molecule has 62 valence electrons. The van der Waals surface area contributed by atoms with Crippen molar-refractivity contribution in [3.8, 4) is 0 Å². The maximum Gasteiger partial charge on any atom is 0.139 e. The molecule has 0 N–H and O–H groups in total. The van der Waals surface area contributed by atoms with Crippen molar-refractivity contribution < 1.29 is 4.79 Å². The first-order valence-corrected chi connectivity index (χ1v) is 4.33. The molecular weight excluding hydrogens is 136 g/mol. The summed E-state index contributed by atoms with van der Waals surface area (Å²) in [5.41, 5.74) is 1.45. The predicted octanol–water partition coefficient (Wildman–Crippen LogP) is 2.57. The molecule has 1 heteroatoms. The van der Waals surface area contributed by atoms with Crippen LogP contribution in [-0.4, -0.2) is 5.78 Å². The highest BCUT2D eigenvalue weighted by molar-refractivity contribution is 5.84. The molecule has 0 amide bonds. The second-order valence-electron chi connectivity index (χ2n) is 3.56. The van der Waals surface area contributed by atoms with E-state index in [2.05, 4.69) is 13.0 Å². The van der Waals surface area contributed by atoms with Crippen LogP contribution in [-0.2, 0) is 4.79 Å². The molecule has 0 aromatic heterocycles. The largest absolute Gasteiger partial charge is 0.299 e. The molecule has 0 bridgehead atoms. The summed E-state index contributed by atoms with van der Waals surface area (Å²) in [7, 11) is 0. The lowest BCUT2D eigenvalue weighted by Gasteiger charge is -2.24. The summed E-state index contributed by atoms with van der Waals surface area (Å²) in [6.07, 6.45) is 4.12. The molecular formula is C10H16O. The fraction of sp³-hybridized carbons (Fsp3) is 0.700. The monoisotopic (exact) mass is 152 g/mol. The van der Waals surface area contributed by atoms with Crippen LogP contribution in [0.1, 0.15) is 33.6 Å². The molecule has 0 aliphatic heterocycles. The molecule has 1 nitrogen and oxygen atoms in total. The molecule has 1 rings (SSSR count). The van der Waals surface area contributed by atoms with E-state index < -0.39 is 0 Å². The van der Waals surface area contributed by atoms with Crippen LogP contribution in [0.15, 0.2) is 11.6 Å². The number of hydrogen-bond acceptors (Lipinski definition) is 1. The SMILES string of the molecule is CC=C1C[C@@H](C)C(=O)[C@H](C)C1. The molecule has 1 fully saturated rings. The number of carbonyl (C=O) groups excluding carboxylic acids is 1. The molecule has 0 heterocycles. The maximum atomic E-state index is 11.4. The lowest BCUT2D eigenvalue weighted by atomic mass is 9.79. The Morgan fingerprint density at radius 1 is 1.27 bits per heavy atom. The zero-order valence-corrected chi connectivity index (χ0v) is 7.55. The highest BCUT2D eigenvalue weighted by Gasteiger charge is 2.26. The van der Waals surface area contributed by atoms with Gasteiger partial charge in [0.25, 0.3) is 0 Å². The molecule has 0 spiro atoms. The van der Waals surface area contributed by atoms with Gasteiger partial charge in [-0.3, -0.25) is 4.79 Å². The van der Waals surface area contributed by atoms with Crippen molar-refractivity contribution in [2.24, 2.45) is 11.8 Å². The van der Waals surface area contributed by atoms with E-state index in [1.807, 2.05) is 13.8 Å². The van der Waals surface area contributed by atoms with Crippen molar-refractivity contribution in [1.29, 1.82) is 0 Å². The van der Waals surface area contributed by atoms with Gasteiger partial charge < -0.3 is 0 Å². The fourth-order valence-corrected chi connectivity index (χ4v) is 1.79. The van der Waals surface area contributed by atoms with Crippen molar-refractivity contribution in [3.05, 3.63) is 11.6 Å². The smallest absolute Gasteiger partial charge is 0.139 e. The van der Waals surface area contributed by atoms with E-state index >= 15 is 0 Å². The standard InChI is InChI=1S/C10H16O/c1-4-9-5-7(2)10(11)8(3)6-9/h4,7-8H,5-6H2,1-3H3/t7-,8-/m1/s1. The summed E-state index contributed by atoms with van der Waals surface area (Å²) < 4.78 is 0. The van der Waals surface area contributed by atoms with E-state index in [0.29, 0.717) is 5.78 Å². The third kappa shape index (κ3) is 1.70. The summed E-state index contributed by atoms with van der Waals surface area (Å²) >= 11 is 0. The lowest BCUT2D eigenvalue weighted by Crippen LogP contribution is -2.25. The van der Waals surface area contributed by atoms with Crippen molar-refractivity contribution in [3.63, 3.8) is 0 Å². The highest BCUT2D eigenvalue weighted by atomic mass is 16.1. The number of ketones is 1. The van der Waals surface area contributed by atoms with E-state index in [9.17, 15) is 4.79 Å². The average molecular weight is 152 g/mol. The normalized spacial score (nSPS) is 32.3. The predicted molar refractivity (Wildman–Crippen MR) is 46.3 cm³/mol. The van der Waals surface area contributed by atoms with Crippen molar-refractivity contribution in [1.82, 2.24) is 0 Å². The van der Waals surface area contributed by atoms with Gasteiger partial charge in [-0.1, -0.05) is 25.5 Å². The van der Waals surface area contributed by atoms with E-state index in [0.717, 1.165) is 12.8 Å². The molecule has 11 heavy (non-hydrogen) atoms. The van der Waals surface area contributed by atoms with Gasteiger partial charge in [0.05, 0.1) is 0 Å². The summed E-state index contributed by atoms with van der Waals surface area (Å²) in [6.45, 7) is 6.12. The first-order valence-electron chi connectivity index (χ1n) is 4.33. The third-order valence-corrected chi connectivity index (χ3v) is 2.52. The summed E-state index contributed by atoms with van der Waals surface area (Å²) in [5, 5.41) is 0. The Bertz CT molecular complexity index is 175. The maximum absolute atomic E-state index is 11.4. The molecule has 2 atom stereocenters. The Morgan fingerprint density at radius 2 is 1.73 bits per heavy atom. The van der Waals surface area contributed by atoms with Crippen LogP contribution in [0.3, 0.4) is 0 Å². The van der Waals surface area contributed by atoms with Crippen LogP contribution in [0.4, 0.5) is 0 Å². The fourth-order valence-electron chi connectivity index (χ4n) is 1.79. The van der Waals surface area contributed by atoms with Crippen LogP contribution in [0.25, 0.3) is 0 Å². The summed E-state index contributed by atoms with van der Waals surface area (Å²) in [4.78, 5) is 11.4. The van der Waals surface area contributed by atoms with E-state index in [1.54, 1.807) is 0 Å². The van der Waals surface area contributed by atoms with Gasteiger partial charge in [-0.2, -0.15) is 0 Å². The second kappa shape index (κ2) is 3.21. The number of Topliss-reactive ketones (excluding diaryl/α,β-unsaturated/α-hetero) is 1. The summed E-state index contributed by atoms with van der Waals surface area (Å²) in [5.74, 6) is 0.950. The molecule has 1 saturated carbocycles. The van der Waals surface area contributed by atoms with Gasteiger partial charge in [0.2, 0.25) is 0 Å². The minimum Gasteiger partial charge on any atom is -0.299 e. The molecule has 0 unspecified atom stereocenters. The van der Waals surface area contributed by atoms with Crippen LogP contribution >= 0.6 is 0 Å². The Morgan fingerprint density at radius 3 is 2.09 bits per heavy atom. The average Bonchev–Trinajstić information content (AvgIpc) is 1.99. The number of carbonyl (C=O) groups is 1. The minimum absolute atomic E-state index is 0.255. The Balaban J connectivity index is 2.70. The molecule has 0 radical (unpaired) electrons. The quantitative estimate of drug-likeness (QED) is 0.487. The lowest BCUT2D eigenvalue weighted by molar-refractivity contribution is -0.126.